The van der Waals surface area contributed by atoms with Crippen molar-refractivity contribution in [1.82, 2.24) is 4.90 Å². The molecule has 1 saturated heterocycles. The van der Waals surface area contributed by atoms with Crippen molar-refractivity contribution in [1.29, 1.82) is 0 Å². The Morgan fingerprint density at radius 3 is 3.05 bits per heavy atom. The maximum absolute atomic E-state index is 12.1. The van der Waals surface area contributed by atoms with Crippen LogP contribution in [0.2, 0.25) is 0 Å². The number of morpholine rings is 1. The van der Waals surface area contributed by atoms with Gasteiger partial charge < -0.3 is 15.8 Å². The maximum atomic E-state index is 12.1. The van der Waals surface area contributed by atoms with Crippen LogP contribution in [0.1, 0.15) is 5.56 Å². The van der Waals surface area contributed by atoms with Crippen molar-refractivity contribution in [3.63, 3.8) is 0 Å². The van der Waals surface area contributed by atoms with E-state index in [4.69, 9.17) is 10.5 Å². The van der Waals surface area contributed by atoms with Crippen molar-refractivity contribution in [3.8, 4) is 0 Å². The highest BCUT2D eigenvalue weighted by atomic mass is 16.5. The van der Waals surface area contributed by atoms with E-state index in [1.165, 1.54) is 0 Å². The van der Waals surface area contributed by atoms with E-state index < -0.39 is 0 Å². The van der Waals surface area contributed by atoms with Crippen LogP contribution in [0.4, 0.5) is 5.69 Å². The molecule has 1 aromatic carbocycles. The Morgan fingerprint density at radius 2 is 2.32 bits per heavy atom. The molecule has 0 radical (unpaired) electrons. The summed E-state index contributed by atoms with van der Waals surface area (Å²) >= 11 is 0. The number of hydrogen-bond acceptors (Lipinski definition) is 4. The van der Waals surface area contributed by atoms with Crippen LogP contribution in [0, 0.1) is 6.92 Å². The molecule has 0 spiro atoms. The number of nitrogens with one attached hydrogen (secondary N) is 1. The lowest BCUT2D eigenvalue weighted by atomic mass is 10.2. The average molecular weight is 263 g/mol. The fourth-order valence-corrected chi connectivity index (χ4v) is 2.20. The Kier molecular flexibility index (Phi) is 4.90. The van der Waals surface area contributed by atoms with Gasteiger partial charge in [-0.05, 0) is 18.6 Å². The Hall–Kier alpha value is -1.43. The first kappa shape index (κ1) is 14.0. The lowest BCUT2D eigenvalue weighted by Gasteiger charge is -2.34. The highest BCUT2D eigenvalue weighted by Gasteiger charge is 2.23. The van der Waals surface area contributed by atoms with Crippen molar-refractivity contribution in [2.45, 2.75) is 13.0 Å². The van der Waals surface area contributed by atoms with E-state index in [0.717, 1.165) is 17.8 Å². The number of benzene rings is 1. The van der Waals surface area contributed by atoms with Crippen LogP contribution in [0.3, 0.4) is 0 Å². The van der Waals surface area contributed by atoms with Gasteiger partial charge in [-0.2, -0.15) is 0 Å². The minimum absolute atomic E-state index is 0.00495. The number of aryl methyl sites for hydroxylation is 1. The first-order valence-corrected chi connectivity index (χ1v) is 6.58. The number of carbonyl (C=O) groups is 1. The third-order valence-corrected chi connectivity index (χ3v) is 3.39. The standard InChI is InChI=1S/C14H21N3O2/c1-11-4-2-3-5-13(11)16-14(18)9-17-6-7-19-10-12(17)8-15/h2-5,12H,6-10,15H2,1H3,(H,16,18). The summed E-state index contributed by atoms with van der Waals surface area (Å²) in [7, 11) is 0. The summed E-state index contributed by atoms with van der Waals surface area (Å²) in [6, 6.07) is 7.90. The largest absolute Gasteiger partial charge is 0.378 e. The number of nitrogens with two attached hydrogens (primary N) is 1. The zero-order valence-electron chi connectivity index (χ0n) is 11.3. The third-order valence-electron chi connectivity index (χ3n) is 3.39. The zero-order valence-corrected chi connectivity index (χ0v) is 11.3. The first-order valence-electron chi connectivity index (χ1n) is 6.58. The van der Waals surface area contributed by atoms with Gasteiger partial charge in [-0.3, -0.25) is 9.69 Å². The van der Waals surface area contributed by atoms with Crippen LogP contribution in [0.5, 0.6) is 0 Å². The van der Waals surface area contributed by atoms with Crippen LogP contribution >= 0.6 is 0 Å². The summed E-state index contributed by atoms with van der Waals surface area (Å²) in [4.78, 5) is 14.1. The normalized spacial score (nSPS) is 20.2. The van der Waals surface area contributed by atoms with Gasteiger partial charge in [0.15, 0.2) is 0 Å². The van der Waals surface area contributed by atoms with Crippen molar-refractivity contribution < 1.29 is 9.53 Å². The Morgan fingerprint density at radius 1 is 1.53 bits per heavy atom. The Labute approximate surface area is 113 Å². The van der Waals surface area contributed by atoms with E-state index in [2.05, 4.69) is 10.2 Å². The summed E-state index contributed by atoms with van der Waals surface area (Å²) in [5.74, 6) is -0.00495. The SMILES string of the molecule is Cc1ccccc1NC(=O)CN1CCOCC1CN. The summed E-state index contributed by atoms with van der Waals surface area (Å²) < 4.78 is 5.37. The number of rotatable bonds is 4. The Bertz CT molecular complexity index is 436. The molecule has 1 atom stereocenters. The maximum Gasteiger partial charge on any atom is 0.238 e. The van der Waals surface area contributed by atoms with Crippen LogP contribution in [0.15, 0.2) is 24.3 Å². The molecule has 5 heteroatoms. The van der Waals surface area contributed by atoms with Crippen LogP contribution in [0.25, 0.3) is 0 Å². The summed E-state index contributed by atoms with van der Waals surface area (Å²) in [6.07, 6.45) is 0. The number of carbonyl (C=O) groups excluding carboxylic acids is 1. The van der Waals surface area contributed by atoms with Crippen molar-refractivity contribution in [2.24, 2.45) is 5.73 Å². The van der Waals surface area contributed by atoms with Gasteiger partial charge >= 0.3 is 0 Å². The first-order chi connectivity index (χ1) is 9.20. The number of amides is 1. The number of ether oxygens (including phenoxy) is 1. The quantitative estimate of drug-likeness (QED) is 0.834. The van der Waals surface area contributed by atoms with E-state index in [0.29, 0.717) is 26.3 Å². The molecule has 1 heterocycles. The molecule has 1 amide bonds. The van der Waals surface area contributed by atoms with Crippen molar-refractivity contribution >= 4 is 11.6 Å². The van der Waals surface area contributed by atoms with Crippen LogP contribution in [-0.2, 0) is 9.53 Å². The van der Waals surface area contributed by atoms with E-state index in [9.17, 15) is 4.79 Å². The van der Waals surface area contributed by atoms with Gasteiger partial charge in [0.1, 0.15) is 0 Å². The molecule has 1 aliphatic rings. The smallest absolute Gasteiger partial charge is 0.238 e. The van der Waals surface area contributed by atoms with Crippen LogP contribution < -0.4 is 11.1 Å². The Balaban J connectivity index is 1.92. The van der Waals surface area contributed by atoms with E-state index in [-0.39, 0.29) is 11.9 Å². The average Bonchev–Trinajstić information content (AvgIpc) is 2.42. The highest BCUT2D eigenvalue weighted by Crippen LogP contribution is 2.13. The third kappa shape index (κ3) is 3.76. The number of nitrogens with zero attached hydrogens (tertiary/aromatic N) is 1. The second-order valence-corrected chi connectivity index (χ2v) is 4.80. The molecule has 5 nitrogen and oxygen atoms in total. The van der Waals surface area contributed by atoms with E-state index in [1.54, 1.807) is 0 Å². The fourth-order valence-electron chi connectivity index (χ4n) is 2.20. The van der Waals surface area contributed by atoms with Crippen LogP contribution in [-0.4, -0.2) is 49.7 Å². The monoisotopic (exact) mass is 263 g/mol. The fraction of sp³-hybridized carbons (Fsp3) is 0.500. The minimum Gasteiger partial charge on any atom is -0.378 e. The highest BCUT2D eigenvalue weighted by molar-refractivity contribution is 5.92. The molecular weight excluding hydrogens is 242 g/mol. The minimum atomic E-state index is -0.00495. The predicted molar refractivity (Wildman–Crippen MR) is 75.0 cm³/mol. The van der Waals surface area contributed by atoms with Gasteiger partial charge in [-0.15, -0.1) is 0 Å². The lowest BCUT2D eigenvalue weighted by Crippen LogP contribution is -2.51. The van der Waals surface area contributed by atoms with Gasteiger partial charge in [0.25, 0.3) is 0 Å². The molecule has 0 bridgehead atoms. The van der Waals surface area contributed by atoms with Gasteiger partial charge in [-0.25, -0.2) is 0 Å². The molecule has 0 saturated carbocycles. The van der Waals surface area contributed by atoms with Gasteiger partial charge in [0.05, 0.1) is 19.8 Å². The lowest BCUT2D eigenvalue weighted by molar-refractivity contribution is -0.119. The van der Waals surface area contributed by atoms with E-state index >= 15 is 0 Å². The number of anilines is 1. The molecule has 1 unspecified atom stereocenters. The van der Waals surface area contributed by atoms with Gasteiger partial charge in [0.2, 0.25) is 5.91 Å². The molecule has 1 fully saturated rings. The molecule has 3 N–H and O–H groups in total. The second kappa shape index (κ2) is 6.65. The van der Waals surface area contributed by atoms with Crippen molar-refractivity contribution in [3.05, 3.63) is 29.8 Å². The number of hydrogen-bond donors (Lipinski definition) is 2. The van der Waals surface area contributed by atoms with Crippen molar-refractivity contribution in [2.75, 3.05) is 38.2 Å². The molecule has 1 aliphatic heterocycles. The molecule has 0 aromatic heterocycles. The summed E-state index contributed by atoms with van der Waals surface area (Å²) in [6.45, 7) is 4.87. The zero-order chi connectivity index (χ0) is 13.7. The molecule has 19 heavy (non-hydrogen) atoms. The topological polar surface area (TPSA) is 67.6 Å². The second-order valence-electron chi connectivity index (χ2n) is 4.80. The summed E-state index contributed by atoms with van der Waals surface area (Å²) in [5, 5.41) is 2.94. The molecule has 104 valence electrons. The number of para-hydroxylation sites is 1. The molecule has 1 aromatic rings. The molecule has 2 rings (SSSR count). The van der Waals surface area contributed by atoms with E-state index in [1.807, 2.05) is 31.2 Å². The summed E-state index contributed by atoms with van der Waals surface area (Å²) in [5.41, 5.74) is 7.62. The predicted octanol–water partition coefficient (Wildman–Crippen LogP) is 0.593. The van der Waals surface area contributed by atoms with Gasteiger partial charge in [0, 0.05) is 24.8 Å². The molecular formula is C14H21N3O2. The molecule has 0 aliphatic carbocycles. The van der Waals surface area contributed by atoms with Gasteiger partial charge in [-0.1, -0.05) is 18.2 Å².